The van der Waals surface area contributed by atoms with Gasteiger partial charge in [-0.15, -0.1) is 11.3 Å². The minimum Gasteiger partial charge on any atom is -0.313 e. The van der Waals surface area contributed by atoms with Crippen molar-refractivity contribution >= 4 is 44.9 Å². The molecule has 3 aromatic rings. The van der Waals surface area contributed by atoms with Gasteiger partial charge in [0.1, 0.15) is 0 Å². The summed E-state index contributed by atoms with van der Waals surface area (Å²) < 4.78 is 2.29. The van der Waals surface area contributed by atoms with E-state index in [2.05, 4.69) is 35.4 Å². The number of thiazole rings is 1. The molecule has 0 atom stereocenters. The minimum absolute atomic E-state index is 0.775. The molecule has 3 rings (SSSR count). The summed E-state index contributed by atoms with van der Waals surface area (Å²) in [6, 6.07) is 14.3. The summed E-state index contributed by atoms with van der Waals surface area (Å²) in [5.74, 6) is 0. The van der Waals surface area contributed by atoms with Crippen molar-refractivity contribution in [1.82, 2.24) is 10.3 Å². The average Bonchev–Trinajstić information content (AvgIpc) is 2.89. The number of hydrogen-bond donors (Lipinski definition) is 1. The number of fused-ring (bicyclic) bond motifs is 1. The van der Waals surface area contributed by atoms with Crippen LogP contribution in [-0.4, -0.2) is 11.5 Å². The van der Waals surface area contributed by atoms with Gasteiger partial charge in [0.15, 0.2) is 4.34 Å². The maximum absolute atomic E-state index is 6.11. The zero-order valence-electron chi connectivity index (χ0n) is 11.6. The average molecular weight is 335 g/mol. The van der Waals surface area contributed by atoms with Gasteiger partial charge in [0.2, 0.25) is 0 Å². The highest BCUT2D eigenvalue weighted by Gasteiger charge is 2.09. The van der Waals surface area contributed by atoms with Crippen molar-refractivity contribution in [2.75, 3.05) is 6.54 Å². The summed E-state index contributed by atoms with van der Waals surface area (Å²) in [5.41, 5.74) is 2.28. The Balaban J connectivity index is 1.89. The molecule has 0 spiro atoms. The fourth-order valence-electron chi connectivity index (χ4n) is 2.03. The van der Waals surface area contributed by atoms with Gasteiger partial charge in [-0.25, -0.2) is 4.98 Å². The number of aromatic nitrogens is 1. The molecule has 0 fully saturated rings. The van der Waals surface area contributed by atoms with E-state index in [-0.39, 0.29) is 0 Å². The van der Waals surface area contributed by atoms with Crippen LogP contribution in [0.4, 0.5) is 0 Å². The molecule has 5 heteroatoms. The highest BCUT2D eigenvalue weighted by Crippen LogP contribution is 2.36. The topological polar surface area (TPSA) is 24.9 Å². The Labute approximate surface area is 137 Å². The molecule has 108 valence electrons. The number of nitrogens with zero attached hydrogens (tertiary/aromatic N) is 1. The summed E-state index contributed by atoms with van der Waals surface area (Å²) in [4.78, 5) is 5.89. The molecule has 0 unspecified atom stereocenters. The van der Waals surface area contributed by atoms with Crippen LogP contribution >= 0.6 is 34.7 Å². The van der Waals surface area contributed by atoms with Gasteiger partial charge in [0.05, 0.1) is 10.2 Å². The van der Waals surface area contributed by atoms with Crippen molar-refractivity contribution in [3.05, 3.63) is 53.1 Å². The third-order valence-electron chi connectivity index (χ3n) is 3.06. The van der Waals surface area contributed by atoms with E-state index in [0.29, 0.717) is 0 Å². The molecule has 2 aromatic carbocycles. The van der Waals surface area contributed by atoms with Crippen LogP contribution in [0.15, 0.2) is 51.7 Å². The molecule has 0 aliphatic carbocycles. The lowest BCUT2D eigenvalue weighted by molar-refractivity contribution is 0.718. The van der Waals surface area contributed by atoms with Gasteiger partial charge in [-0.1, -0.05) is 42.4 Å². The van der Waals surface area contributed by atoms with Gasteiger partial charge in [-0.05, 0) is 42.4 Å². The van der Waals surface area contributed by atoms with Crippen LogP contribution in [-0.2, 0) is 6.54 Å². The quantitative estimate of drug-likeness (QED) is 0.693. The molecule has 21 heavy (non-hydrogen) atoms. The molecule has 1 heterocycles. The van der Waals surface area contributed by atoms with Crippen molar-refractivity contribution in [3.63, 3.8) is 0 Å². The number of nitrogens with one attached hydrogen (secondary N) is 1. The standard InChI is InChI=1S/C16H15ClN2S2/c1-2-18-10-11-9-12(17)7-8-14(11)20-16-19-13-5-3-4-6-15(13)21-16/h3-9,18H,2,10H2,1H3. The lowest BCUT2D eigenvalue weighted by atomic mass is 10.2. The molecule has 0 aliphatic heterocycles. The van der Waals surface area contributed by atoms with Crippen LogP contribution in [0.2, 0.25) is 5.02 Å². The van der Waals surface area contributed by atoms with E-state index in [1.807, 2.05) is 24.3 Å². The zero-order chi connectivity index (χ0) is 14.7. The Morgan fingerprint density at radius 2 is 2.10 bits per heavy atom. The minimum atomic E-state index is 0.775. The Kier molecular flexibility index (Phi) is 4.80. The molecule has 1 N–H and O–H groups in total. The predicted molar refractivity (Wildman–Crippen MR) is 92.6 cm³/mol. The summed E-state index contributed by atoms with van der Waals surface area (Å²) in [5, 5.41) is 4.13. The largest absolute Gasteiger partial charge is 0.313 e. The smallest absolute Gasteiger partial charge is 0.155 e. The molecule has 0 aliphatic rings. The van der Waals surface area contributed by atoms with E-state index in [1.165, 1.54) is 15.2 Å². The fourth-order valence-corrected chi connectivity index (χ4v) is 4.36. The van der Waals surface area contributed by atoms with Crippen LogP contribution in [0.1, 0.15) is 12.5 Å². The summed E-state index contributed by atoms with van der Waals surface area (Å²) in [7, 11) is 0. The third kappa shape index (κ3) is 3.58. The Morgan fingerprint density at radius 3 is 2.90 bits per heavy atom. The SMILES string of the molecule is CCNCc1cc(Cl)ccc1Sc1nc2ccccc2s1. The van der Waals surface area contributed by atoms with Crippen molar-refractivity contribution in [2.24, 2.45) is 0 Å². The third-order valence-corrected chi connectivity index (χ3v) is 5.51. The van der Waals surface area contributed by atoms with Gasteiger partial charge < -0.3 is 5.32 Å². The number of rotatable bonds is 5. The first-order valence-electron chi connectivity index (χ1n) is 6.79. The molecule has 1 aromatic heterocycles. The summed E-state index contributed by atoms with van der Waals surface area (Å²) in [6.45, 7) is 3.87. The lowest BCUT2D eigenvalue weighted by Gasteiger charge is -2.08. The summed E-state index contributed by atoms with van der Waals surface area (Å²) >= 11 is 9.55. The van der Waals surface area contributed by atoms with Crippen LogP contribution in [0.5, 0.6) is 0 Å². The second-order valence-corrected chi connectivity index (χ2v) is 7.34. The second kappa shape index (κ2) is 6.79. The second-order valence-electron chi connectivity index (χ2n) is 4.58. The summed E-state index contributed by atoms with van der Waals surface area (Å²) in [6.07, 6.45) is 0. The zero-order valence-corrected chi connectivity index (χ0v) is 14.0. The first-order chi connectivity index (χ1) is 10.3. The normalized spacial score (nSPS) is 11.1. The highest BCUT2D eigenvalue weighted by atomic mass is 35.5. The Hall–Kier alpha value is -1.07. The highest BCUT2D eigenvalue weighted by molar-refractivity contribution is 8.01. The predicted octanol–water partition coefficient (Wildman–Crippen LogP) is 5.21. The molecule has 0 radical (unpaired) electrons. The monoisotopic (exact) mass is 334 g/mol. The van der Waals surface area contributed by atoms with Gasteiger partial charge >= 0.3 is 0 Å². The maximum Gasteiger partial charge on any atom is 0.155 e. The van der Waals surface area contributed by atoms with E-state index >= 15 is 0 Å². The molecule has 0 saturated heterocycles. The number of benzene rings is 2. The van der Waals surface area contributed by atoms with Gasteiger partial charge in [-0.2, -0.15) is 0 Å². The van der Waals surface area contributed by atoms with Gasteiger partial charge in [0, 0.05) is 16.5 Å². The van der Waals surface area contributed by atoms with Crippen LogP contribution in [0.25, 0.3) is 10.2 Å². The maximum atomic E-state index is 6.11. The van der Waals surface area contributed by atoms with Crippen LogP contribution < -0.4 is 5.32 Å². The number of halogens is 1. The molecular weight excluding hydrogens is 320 g/mol. The van der Waals surface area contributed by atoms with Crippen molar-refractivity contribution < 1.29 is 0 Å². The lowest BCUT2D eigenvalue weighted by Crippen LogP contribution is -2.12. The molecule has 0 amide bonds. The van der Waals surface area contributed by atoms with Crippen molar-refractivity contribution in [1.29, 1.82) is 0 Å². The molecule has 2 nitrogen and oxygen atoms in total. The molecule has 0 bridgehead atoms. The van der Waals surface area contributed by atoms with E-state index in [9.17, 15) is 0 Å². The number of para-hydroxylation sites is 1. The van der Waals surface area contributed by atoms with Crippen molar-refractivity contribution in [3.8, 4) is 0 Å². The van der Waals surface area contributed by atoms with E-state index in [0.717, 1.165) is 28.0 Å². The first kappa shape index (κ1) is 14.9. The molecule has 0 saturated carbocycles. The Bertz CT molecular complexity index is 722. The Morgan fingerprint density at radius 1 is 1.24 bits per heavy atom. The molecular formula is C16H15ClN2S2. The van der Waals surface area contributed by atoms with Crippen molar-refractivity contribution in [2.45, 2.75) is 22.7 Å². The van der Waals surface area contributed by atoms with E-state index < -0.39 is 0 Å². The van der Waals surface area contributed by atoms with E-state index in [4.69, 9.17) is 11.6 Å². The first-order valence-corrected chi connectivity index (χ1v) is 8.80. The fraction of sp³-hybridized carbons (Fsp3) is 0.188. The van der Waals surface area contributed by atoms with Crippen LogP contribution in [0, 0.1) is 0 Å². The van der Waals surface area contributed by atoms with Gasteiger partial charge in [-0.3, -0.25) is 0 Å². The number of hydrogen-bond acceptors (Lipinski definition) is 4. The van der Waals surface area contributed by atoms with Crippen LogP contribution in [0.3, 0.4) is 0 Å². The van der Waals surface area contributed by atoms with E-state index in [1.54, 1.807) is 23.1 Å². The van der Waals surface area contributed by atoms with Gasteiger partial charge in [0.25, 0.3) is 0 Å².